The van der Waals surface area contributed by atoms with Crippen LogP contribution in [0.5, 0.6) is 0 Å². The first-order valence-electron chi connectivity index (χ1n) is 6.25. The first kappa shape index (κ1) is 13.4. The Morgan fingerprint density at radius 1 is 1.61 bits per heavy atom. The van der Waals surface area contributed by atoms with E-state index in [1.54, 1.807) is 0 Å². The number of carbonyl (C=O) groups is 1. The van der Waals surface area contributed by atoms with E-state index in [4.69, 9.17) is 4.42 Å². The molecular weight excluding hydrogens is 294 g/mol. The molecule has 2 atom stereocenters. The van der Waals surface area contributed by atoms with E-state index in [0.29, 0.717) is 25.3 Å². The van der Waals surface area contributed by atoms with Crippen LogP contribution in [-0.2, 0) is 11.2 Å². The quantitative estimate of drug-likeness (QED) is 0.875. The van der Waals surface area contributed by atoms with Crippen molar-refractivity contribution in [1.82, 2.24) is 5.32 Å². The maximum absolute atomic E-state index is 11.5. The molecule has 1 aromatic heterocycles. The molecular formula is C14H18BrNO2. The van der Waals surface area contributed by atoms with Gasteiger partial charge in [-0.1, -0.05) is 29.4 Å². The first-order valence-corrected chi connectivity index (χ1v) is 7.04. The van der Waals surface area contributed by atoms with E-state index < -0.39 is 0 Å². The number of rotatable bonds is 6. The maximum Gasteiger partial charge on any atom is 0.220 e. The topological polar surface area (TPSA) is 42.2 Å². The summed E-state index contributed by atoms with van der Waals surface area (Å²) in [5.41, 5.74) is 0. The van der Waals surface area contributed by atoms with Crippen molar-refractivity contribution >= 4 is 21.8 Å². The number of nitrogens with one attached hydrogen (secondary N) is 1. The van der Waals surface area contributed by atoms with Crippen LogP contribution >= 0.6 is 15.9 Å². The fourth-order valence-corrected chi connectivity index (χ4v) is 2.11. The summed E-state index contributed by atoms with van der Waals surface area (Å²) in [6.45, 7) is 6.37. The lowest BCUT2D eigenvalue weighted by Crippen LogP contribution is -2.24. The number of furan rings is 1. The number of carbonyl (C=O) groups excluding carboxylic acids is 1. The van der Waals surface area contributed by atoms with E-state index in [1.807, 2.05) is 12.1 Å². The Balaban J connectivity index is 1.74. The maximum atomic E-state index is 11.5. The normalized spacial score (nSPS) is 21.7. The van der Waals surface area contributed by atoms with Crippen LogP contribution < -0.4 is 5.32 Å². The SMILES string of the molecule is C=C(Br)CNC(=O)CCc1ccc(C2CC2C)o1. The predicted molar refractivity (Wildman–Crippen MR) is 74.6 cm³/mol. The molecule has 1 saturated carbocycles. The highest BCUT2D eigenvalue weighted by Crippen LogP contribution is 2.47. The van der Waals surface area contributed by atoms with Crippen molar-refractivity contribution in [2.45, 2.75) is 32.1 Å². The fraction of sp³-hybridized carbons (Fsp3) is 0.500. The molecule has 0 spiro atoms. The summed E-state index contributed by atoms with van der Waals surface area (Å²) in [6, 6.07) is 4.03. The van der Waals surface area contributed by atoms with Gasteiger partial charge in [-0.2, -0.15) is 0 Å². The molecule has 1 aromatic rings. The zero-order chi connectivity index (χ0) is 13.1. The Labute approximate surface area is 116 Å². The Morgan fingerprint density at radius 3 is 2.94 bits per heavy atom. The summed E-state index contributed by atoms with van der Waals surface area (Å²) in [4.78, 5) is 11.5. The summed E-state index contributed by atoms with van der Waals surface area (Å²) >= 11 is 3.20. The average Bonchev–Trinajstić information content (AvgIpc) is 2.88. The molecule has 1 N–H and O–H groups in total. The summed E-state index contributed by atoms with van der Waals surface area (Å²) in [6.07, 6.45) is 2.33. The van der Waals surface area contributed by atoms with Gasteiger partial charge in [-0.15, -0.1) is 0 Å². The van der Waals surface area contributed by atoms with Crippen LogP contribution in [0.2, 0.25) is 0 Å². The highest BCUT2D eigenvalue weighted by molar-refractivity contribution is 9.11. The summed E-state index contributed by atoms with van der Waals surface area (Å²) in [7, 11) is 0. The number of aryl methyl sites for hydroxylation is 1. The second kappa shape index (κ2) is 5.74. The highest BCUT2D eigenvalue weighted by atomic mass is 79.9. The monoisotopic (exact) mass is 311 g/mol. The highest BCUT2D eigenvalue weighted by Gasteiger charge is 2.36. The van der Waals surface area contributed by atoms with Gasteiger partial charge in [0.2, 0.25) is 5.91 Å². The smallest absolute Gasteiger partial charge is 0.220 e. The largest absolute Gasteiger partial charge is 0.466 e. The van der Waals surface area contributed by atoms with Crippen molar-refractivity contribution in [3.63, 3.8) is 0 Å². The standard InChI is InChI=1S/C14H18BrNO2/c1-9-7-12(9)13-5-3-11(18-13)4-6-14(17)16-8-10(2)15/h3,5,9,12H,2,4,6-8H2,1H3,(H,16,17). The van der Waals surface area contributed by atoms with Crippen molar-refractivity contribution < 1.29 is 9.21 Å². The Kier molecular flexibility index (Phi) is 4.27. The van der Waals surface area contributed by atoms with Crippen molar-refractivity contribution in [3.8, 4) is 0 Å². The third-order valence-corrected chi connectivity index (χ3v) is 3.51. The van der Waals surface area contributed by atoms with Crippen molar-refractivity contribution in [2.24, 2.45) is 5.92 Å². The van der Waals surface area contributed by atoms with Crippen LogP contribution in [0.1, 0.15) is 37.2 Å². The molecule has 0 bridgehead atoms. The lowest BCUT2D eigenvalue weighted by atomic mass is 10.2. The third-order valence-electron chi connectivity index (χ3n) is 3.23. The zero-order valence-corrected chi connectivity index (χ0v) is 12.1. The molecule has 0 radical (unpaired) electrons. The first-order chi connectivity index (χ1) is 8.56. The van der Waals surface area contributed by atoms with Crippen LogP contribution in [0, 0.1) is 5.92 Å². The van der Waals surface area contributed by atoms with Crippen LogP contribution in [0.15, 0.2) is 27.6 Å². The van der Waals surface area contributed by atoms with E-state index in [-0.39, 0.29) is 5.91 Å². The van der Waals surface area contributed by atoms with Crippen molar-refractivity contribution in [3.05, 3.63) is 34.7 Å². The van der Waals surface area contributed by atoms with Gasteiger partial charge in [0.15, 0.2) is 0 Å². The van der Waals surface area contributed by atoms with E-state index in [2.05, 4.69) is 34.7 Å². The average molecular weight is 312 g/mol. The number of hydrogen-bond donors (Lipinski definition) is 1. The van der Waals surface area contributed by atoms with Gasteiger partial charge in [0.1, 0.15) is 11.5 Å². The molecule has 2 rings (SSSR count). The van der Waals surface area contributed by atoms with Gasteiger partial charge in [-0.25, -0.2) is 0 Å². The molecule has 18 heavy (non-hydrogen) atoms. The van der Waals surface area contributed by atoms with Crippen molar-refractivity contribution in [1.29, 1.82) is 0 Å². The zero-order valence-electron chi connectivity index (χ0n) is 10.5. The van der Waals surface area contributed by atoms with Gasteiger partial charge in [0, 0.05) is 29.8 Å². The summed E-state index contributed by atoms with van der Waals surface area (Å²) in [5, 5.41) is 2.77. The summed E-state index contributed by atoms with van der Waals surface area (Å²) in [5.74, 6) is 3.35. The molecule has 1 amide bonds. The van der Waals surface area contributed by atoms with Crippen LogP contribution in [0.3, 0.4) is 0 Å². The summed E-state index contributed by atoms with van der Waals surface area (Å²) < 4.78 is 6.52. The Hall–Kier alpha value is -1.03. The van der Waals surface area contributed by atoms with Crippen molar-refractivity contribution in [2.75, 3.05) is 6.54 Å². The van der Waals surface area contributed by atoms with Gasteiger partial charge < -0.3 is 9.73 Å². The minimum atomic E-state index is 0.0216. The van der Waals surface area contributed by atoms with E-state index in [1.165, 1.54) is 6.42 Å². The molecule has 0 aliphatic heterocycles. The van der Waals surface area contributed by atoms with Gasteiger partial charge in [-0.05, 0) is 24.5 Å². The molecule has 4 heteroatoms. The Bertz CT molecular complexity index is 452. The van der Waals surface area contributed by atoms with E-state index >= 15 is 0 Å². The van der Waals surface area contributed by atoms with Crippen LogP contribution in [0.25, 0.3) is 0 Å². The molecule has 0 aromatic carbocycles. The molecule has 1 aliphatic carbocycles. The Morgan fingerprint density at radius 2 is 2.33 bits per heavy atom. The van der Waals surface area contributed by atoms with Gasteiger partial charge in [0.05, 0.1) is 0 Å². The minimum absolute atomic E-state index is 0.0216. The molecule has 98 valence electrons. The van der Waals surface area contributed by atoms with Gasteiger partial charge in [-0.3, -0.25) is 4.79 Å². The number of amides is 1. The van der Waals surface area contributed by atoms with E-state index in [0.717, 1.165) is 21.9 Å². The molecule has 3 nitrogen and oxygen atoms in total. The van der Waals surface area contributed by atoms with E-state index in [9.17, 15) is 4.79 Å². The second-order valence-corrected chi connectivity index (χ2v) is 6.04. The van der Waals surface area contributed by atoms with Crippen LogP contribution in [0.4, 0.5) is 0 Å². The lowest BCUT2D eigenvalue weighted by Gasteiger charge is -2.02. The van der Waals surface area contributed by atoms with Crippen LogP contribution in [-0.4, -0.2) is 12.5 Å². The van der Waals surface area contributed by atoms with Gasteiger partial charge in [0.25, 0.3) is 0 Å². The predicted octanol–water partition coefficient (Wildman–Crippen LogP) is 3.36. The molecule has 2 unspecified atom stereocenters. The number of hydrogen-bond acceptors (Lipinski definition) is 2. The lowest BCUT2D eigenvalue weighted by molar-refractivity contribution is -0.120. The van der Waals surface area contributed by atoms with Gasteiger partial charge >= 0.3 is 0 Å². The second-order valence-electron chi connectivity index (χ2n) is 4.92. The molecule has 1 fully saturated rings. The molecule has 1 aliphatic rings. The molecule has 0 saturated heterocycles. The minimum Gasteiger partial charge on any atom is -0.466 e. The number of halogens is 1. The molecule has 1 heterocycles. The fourth-order valence-electron chi connectivity index (χ4n) is 1.97. The third kappa shape index (κ3) is 3.73.